The summed E-state index contributed by atoms with van der Waals surface area (Å²) in [5.41, 5.74) is 1.55. The van der Waals surface area contributed by atoms with Crippen molar-refractivity contribution in [3.63, 3.8) is 0 Å². The molecule has 0 aliphatic carbocycles. The van der Waals surface area contributed by atoms with E-state index in [1.54, 1.807) is 0 Å². The first-order chi connectivity index (χ1) is 4.93. The van der Waals surface area contributed by atoms with E-state index < -0.39 is 0 Å². The fourth-order valence-electron chi connectivity index (χ4n) is 1.14. The zero-order valence-corrected chi connectivity index (χ0v) is 9.22. The van der Waals surface area contributed by atoms with Crippen LogP contribution in [0.3, 0.4) is 0 Å². The molecule has 0 aliphatic heterocycles. The Morgan fingerprint density at radius 1 is 1.27 bits per heavy atom. The van der Waals surface area contributed by atoms with E-state index >= 15 is 0 Å². The van der Waals surface area contributed by atoms with Gasteiger partial charge in [-0.3, -0.25) is 0 Å². The van der Waals surface area contributed by atoms with Crippen LogP contribution in [0.5, 0.6) is 0 Å². The van der Waals surface area contributed by atoms with Gasteiger partial charge in [-0.2, -0.15) is 0 Å². The zero-order valence-electron chi connectivity index (χ0n) is 8.41. The summed E-state index contributed by atoms with van der Waals surface area (Å²) in [6.45, 7) is 8.83. The van der Waals surface area contributed by atoms with E-state index in [1.807, 2.05) is 18.8 Å². The van der Waals surface area contributed by atoms with Crippen LogP contribution in [0.15, 0.2) is 10.6 Å². The van der Waals surface area contributed by atoms with Gasteiger partial charge < -0.3 is 5.32 Å². The van der Waals surface area contributed by atoms with Gasteiger partial charge in [-0.25, -0.2) is 0 Å². The van der Waals surface area contributed by atoms with Gasteiger partial charge in [0.15, 0.2) is 0 Å². The fraction of sp³-hybridized carbons (Fsp3) is 0.778. The van der Waals surface area contributed by atoms with Gasteiger partial charge in [-0.1, -0.05) is 20.8 Å². The van der Waals surface area contributed by atoms with Crippen molar-refractivity contribution >= 4 is 11.8 Å². The van der Waals surface area contributed by atoms with E-state index in [0.29, 0.717) is 0 Å². The predicted molar refractivity (Wildman–Crippen MR) is 54.7 cm³/mol. The second-order valence-electron chi connectivity index (χ2n) is 3.66. The van der Waals surface area contributed by atoms with Crippen LogP contribution >= 0.6 is 11.8 Å². The summed E-state index contributed by atoms with van der Waals surface area (Å²) in [7, 11) is 1.97. The molecule has 66 valence electrons. The molecule has 0 rings (SSSR count). The van der Waals surface area contributed by atoms with Crippen molar-refractivity contribution in [3.8, 4) is 0 Å². The molecule has 0 atom stereocenters. The van der Waals surface area contributed by atoms with Crippen LogP contribution in [0.2, 0.25) is 0 Å². The van der Waals surface area contributed by atoms with E-state index in [2.05, 4.69) is 39.3 Å². The molecule has 0 bridgehead atoms. The molecule has 11 heavy (non-hydrogen) atoms. The van der Waals surface area contributed by atoms with E-state index in [-0.39, 0.29) is 5.41 Å². The van der Waals surface area contributed by atoms with Crippen molar-refractivity contribution in [2.45, 2.75) is 27.7 Å². The lowest BCUT2D eigenvalue weighted by molar-refractivity contribution is 0.525. The number of hydrogen-bond donors (Lipinski definition) is 1. The minimum absolute atomic E-state index is 0.270. The Morgan fingerprint density at radius 3 is 1.82 bits per heavy atom. The first kappa shape index (κ1) is 10.9. The van der Waals surface area contributed by atoms with Crippen LogP contribution < -0.4 is 5.32 Å². The second-order valence-corrected chi connectivity index (χ2v) is 4.47. The molecule has 0 amide bonds. The van der Waals surface area contributed by atoms with Gasteiger partial charge in [0, 0.05) is 17.6 Å². The Labute approximate surface area is 74.6 Å². The molecule has 2 heteroatoms. The number of hydrogen-bond acceptors (Lipinski definition) is 2. The standard InChI is InChI=1S/C9H19NS/c1-7(10-5)8(11-6)9(2,3)4/h10H,1-6H3/b8-7-. The molecule has 0 unspecified atom stereocenters. The number of allylic oxidation sites excluding steroid dienone is 2. The first-order valence-corrected chi connectivity index (χ1v) is 5.09. The highest BCUT2D eigenvalue weighted by atomic mass is 32.2. The highest BCUT2D eigenvalue weighted by Crippen LogP contribution is 2.34. The average Bonchev–Trinajstić information content (AvgIpc) is 1.86. The number of thioether (sulfide) groups is 1. The summed E-state index contributed by atoms with van der Waals surface area (Å²) >= 11 is 1.83. The SMILES string of the molecule is CN/C(C)=C(\SC)C(C)(C)C. The molecule has 0 saturated carbocycles. The minimum atomic E-state index is 0.270. The van der Waals surface area contributed by atoms with Gasteiger partial charge in [-0.05, 0) is 18.6 Å². The van der Waals surface area contributed by atoms with Gasteiger partial charge >= 0.3 is 0 Å². The van der Waals surface area contributed by atoms with Crippen molar-refractivity contribution in [1.29, 1.82) is 0 Å². The quantitative estimate of drug-likeness (QED) is 0.689. The number of nitrogens with one attached hydrogen (secondary N) is 1. The molecule has 1 nitrogen and oxygen atoms in total. The molecule has 0 aromatic carbocycles. The lowest BCUT2D eigenvalue weighted by Crippen LogP contribution is -2.14. The second kappa shape index (κ2) is 4.05. The maximum absolute atomic E-state index is 3.18. The summed E-state index contributed by atoms with van der Waals surface area (Å²) in [4.78, 5) is 1.43. The summed E-state index contributed by atoms with van der Waals surface area (Å²) in [5.74, 6) is 0. The van der Waals surface area contributed by atoms with Crippen LogP contribution in [0.25, 0.3) is 0 Å². The fourth-order valence-corrected chi connectivity index (χ4v) is 2.16. The van der Waals surface area contributed by atoms with Gasteiger partial charge in [0.2, 0.25) is 0 Å². The van der Waals surface area contributed by atoms with Crippen molar-refractivity contribution in [1.82, 2.24) is 5.32 Å². The Kier molecular flexibility index (Phi) is 4.01. The van der Waals surface area contributed by atoms with E-state index in [9.17, 15) is 0 Å². The zero-order chi connectivity index (χ0) is 9.07. The molecule has 0 radical (unpaired) electrons. The smallest absolute Gasteiger partial charge is 0.0174 e. The van der Waals surface area contributed by atoms with Crippen molar-refractivity contribution < 1.29 is 0 Å². The summed E-state index contributed by atoms with van der Waals surface area (Å²) in [5, 5.41) is 3.18. The highest BCUT2D eigenvalue weighted by molar-refractivity contribution is 8.02. The van der Waals surface area contributed by atoms with Gasteiger partial charge in [0.25, 0.3) is 0 Å². The molecule has 0 aromatic heterocycles. The Bertz CT molecular complexity index is 153. The molecule has 0 aliphatic rings. The van der Waals surface area contributed by atoms with Crippen LogP contribution in [-0.2, 0) is 0 Å². The molecule has 1 N–H and O–H groups in total. The summed E-state index contributed by atoms with van der Waals surface area (Å²) in [6, 6.07) is 0. The highest BCUT2D eigenvalue weighted by Gasteiger charge is 2.17. The van der Waals surface area contributed by atoms with Crippen LogP contribution in [0.4, 0.5) is 0 Å². The monoisotopic (exact) mass is 173 g/mol. The molecule has 0 saturated heterocycles. The Balaban J connectivity index is 4.66. The lowest BCUT2D eigenvalue weighted by Gasteiger charge is -2.23. The third-order valence-electron chi connectivity index (χ3n) is 1.60. The topological polar surface area (TPSA) is 12.0 Å². The van der Waals surface area contributed by atoms with E-state index in [0.717, 1.165) is 0 Å². The maximum Gasteiger partial charge on any atom is 0.0174 e. The number of rotatable bonds is 2. The van der Waals surface area contributed by atoms with Crippen molar-refractivity contribution in [2.24, 2.45) is 5.41 Å². The van der Waals surface area contributed by atoms with Gasteiger partial charge in [0.1, 0.15) is 0 Å². The van der Waals surface area contributed by atoms with E-state index in [1.165, 1.54) is 10.6 Å². The Hall–Kier alpha value is -0.110. The third kappa shape index (κ3) is 3.19. The molecule has 0 aromatic rings. The molecule has 0 spiro atoms. The van der Waals surface area contributed by atoms with Crippen molar-refractivity contribution in [3.05, 3.63) is 10.6 Å². The maximum atomic E-state index is 3.18. The van der Waals surface area contributed by atoms with Crippen LogP contribution in [0, 0.1) is 5.41 Å². The van der Waals surface area contributed by atoms with Gasteiger partial charge in [0.05, 0.1) is 0 Å². The molecular weight excluding hydrogens is 154 g/mol. The lowest BCUT2D eigenvalue weighted by atomic mass is 9.95. The minimum Gasteiger partial charge on any atom is -0.391 e. The van der Waals surface area contributed by atoms with Crippen molar-refractivity contribution in [2.75, 3.05) is 13.3 Å². The average molecular weight is 173 g/mol. The van der Waals surface area contributed by atoms with Crippen LogP contribution in [-0.4, -0.2) is 13.3 Å². The summed E-state index contributed by atoms with van der Waals surface area (Å²) < 4.78 is 0. The predicted octanol–water partition coefficient (Wildman–Crippen LogP) is 2.85. The Morgan fingerprint density at radius 2 is 1.73 bits per heavy atom. The molecule has 0 fully saturated rings. The first-order valence-electron chi connectivity index (χ1n) is 3.86. The van der Waals surface area contributed by atoms with Gasteiger partial charge in [-0.15, -0.1) is 11.8 Å². The third-order valence-corrected chi connectivity index (χ3v) is 2.93. The molecular formula is C9H19NS. The van der Waals surface area contributed by atoms with Crippen LogP contribution in [0.1, 0.15) is 27.7 Å². The molecule has 0 heterocycles. The van der Waals surface area contributed by atoms with E-state index in [4.69, 9.17) is 0 Å². The largest absolute Gasteiger partial charge is 0.391 e. The normalized spacial score (nSPS) is 14.4. The summed E-state index contributed by atoms with van der Waals surface area (Å²) in [6.07, 6.45) is 2.13.